The lowest BCUT2D eigenvalue weighted by Gasteiger charge is -2.20. The summed E-state index contributed by atoms with van der Waals surface area (Å²) in [6.45, 7) is 0.375. The number of nitrogens with one attached hydrogen (secondary N) is 2. The molecule has 0 bridgehead atoms. The van der Waals surface area contributed by atoms with Gasteiger partial charge in [-0.2, -0.15) is 0 Å². The average Bonchev–Trinajstić information content (AvgIpc) is 3.03. The van der Waals surface area contributed by atoms with Gasteiger partial charge in [-0.1, -0.05) is 30.3 Å². The van der Waals surface area contributed by atoms with Crippen molar-refractivity contribution in [3.63, 3.8) is 0 Å². The molecule has 2 heterocycles. The van der Waals surface area contributed by atoms with Crippen molar-refractivity contribution in [1.82, 2.24) is 10.3 Å². The van der Waals surface area contributed by atoms with E-state index in [1.54, 1.807) is 67.0 Å². The predicted octanol–water partition coefficient (Wildman–Crippen LogP) is 2.57. The largest absolute Gasteiger partial charge is 0.478 e. The Kier molecular flexibility index (Phi) is 6.78. The molecule has 4 rings (SSSR count). The maximum Gasteiger partial charge on any atom is 0.265 e. The summed E-state index contributed by atoms with van der Waals surface area (Å²) in [5, 5.41) is 5.59. The number of aromatic nitrogens is 1. The van der Waals surface area contributed by atoms with E-state index in [1.807, 2.05) is 6.07 Å². The highest BCUT2D eigenvalue weighted by Gasteiger charge is 2.31. The summed E-state index contributed by atoms with van der Waals surface area (Å²) in [5.74, 6) is -0.527. The number of anilines is 2. The number of pyridine rings is 1. The van der Waals surface area contributed by atoms with E-state index >= 15 is 0 Å². The second-order valence-electron chi connectivity index (χ2n) is 7.78. The zero-order valence-corrected chi connectivity index (χ0v) is 19.3. The summed E-state index contributed by atoms with van der Waals surface area (Å²) in [6.07, 6.45) is 3.63. The van der Waals surface area contributed by atoms with Crippen LogP contribution in [0.2, 0.25) is 0 Å². The molecule has 1 atom stereocenters. The molecule has 34 heavy (non-hydrogen) atoms. The molecule has 1 aliphatic heterocycles. The van der Waals surface area contributed by atoms with Gasteiger partial charge in [0, 0.05) is 31.9 Å². The number of benzene rings is 2. The number of para-hydroxylation sites is 3. The van der Waals surface area contributed by atoms with Gasteiger partial charge in [0.15, 0.2) is 6.10 Å². The summed E-state index contributed by atoms with van der Waals surface area (Å²) in [7, 11) is -3.55. The van der Waals surface area contributed by atoms with Crippen LogP contribution in [0.3, 0.4) is 0 Å². The Morgan fingerprint density at radius 2 is 1.85 bits per heavy atom. The number of sulfonamides is 1. The number of rotatable bonds is 6. The first-order valence-electron chi connectivity index (χ1n) is 10.6. The second-order valence-corrected chi connectivity index (χ2v) is 9.68. The molecule has 1 aliphatic rings. The third-order valence-corrected chi connectivity index (χ3v) is 6.48. The Bertz CT molecular complexity index is 1300. The molecule has 176 valence electrons. The summed E-state index contributed by atoms with van der Waals surface area (Å²) < 4.78 is 31.7. The van der Waals surface area contributed by atoms with Crippen LogP contribution in [-0.2, 0) is 21.4 Å². The van der Waals surface area contributed by atoms with Gasteiger partial charge >= 0.3 is 0 Å². The molecule has 3 aromatic rings. The molecular formula is C24H24N4O5S. The van der Waals surface area contributed by atoms with Crippen molar-refractivity contribution in [1.29, 1.82) is 0 Å². The fraction of sp³-hybridized carbons (Fsp3) is 0.208. The Morgan fingerprint density at radius 1 is 1.09 bits per heavy atom. The fourth-order valence-electron chi connectivity index (χ4n) is 3.64. The molecule has 2 N–H and O–H groups in total. The van der Waals surface area contributed by atoms with Crippen LogP contribution in [-0.4, -0.2) is 44.1 Å². The standard InChI is InChI=1S/C24H24N4O5S/c1-34(31,32)28-14-12-22(33-21-11-5-4-10-20(21)28)24(30)27-19-9-3-2-8-18(19)23(29)26-16-17-7-6-13-25-15-17/h2-11,13,15,22H,12,14,16H2,1H3,(H,26,29)(H,27,30)/t22-/m0/s1. The number of amides is 2. The second kappa shape index (κ2) is 9.92. The number of carbonyl (C=O) groups excluding carboxylic acids is 2. The third-order valence-electron chi connectivity index (χ3n) is 5.30. The van der Waals surface area contributed by atoms with Gasteiger partial charge in [-0.25, -0.2) is 8.42 Å². The Morgan fingerprint density at radius 3 is 2.62 bits per heavy atom. The van der Waals surface area contributed by atoms with Crippen molar-refractivity contribution in [2.75, 3.05) is 22.4 Å². The van der Waals surface area contributed by atoms with E-state index in [4.69, 9.17) is 4.74 Å². The van der Waals surface area contributed by atoms with Crippen molar-refractivity contribution < 1.29 is 22.7 Å². The molecule has 9 nitrogen and oxygen atoms in total. The minimum absolute atomic E-state index is 0.0845. The van der Waals surface area contributed by atoms with Gasteiger partial charge in [-0.3, -0.25) is 18.9 Å². The SMILES string of the molecule is CS(=O)(=O)N1CC[C@@H](C(=O)Nc2ccccc2C(=O)NCc2cccnc2)Oc2ccccc21. The lowest BCUT2D eigenvalue weighted by Crippen LogP contribution is -2.36. The summed E-state index contributed by atoms with van der Waals surface area (Å²) in [6, 6.07) is 17.0. The van der Waals surface area contributed by atoms with Gasteiger partial charge in [-0.05, 0) is 35.9 Å². The van der Waals surface area contributed by atoms with Gasteiger partial charge in [0.25, 0.3) is 11.8 Å². The normalized spacial score (nSPS) is 15.4. The van der Waals surface area contributed by atoms with Crippen LogP contribution in [0.4, 0.5) is 11.4 Å². The van der Waals surface area contributed by atoms with Crippen molar-refractivity contribution in [2.45, 2.75) is 19.1 Å². The number of carbonyl (C=O) groups is 2. The molecule has 0 saturated carbocycles. The summed E-state index contributed by atoms with van der Waals surface area (Å²) >= 11 is 0. The number of hydrogen-bond acceptors (Lipinski definition) is 6. The molecule has 10 heteroatoms. The quantitative estimate of drug-likeness (QED) is 0.560. The van der Waals surface area contributed by atoms with Gasteiger partial charge in [-0.15, -0.1) is 0 Å². The maximum absolute atomic E-state index is 13.1. The Balaban J connectivity index is 1.50. The minimum atomic E-state index is -3.55. The Labute approximate surface area is 197 Å². The van der Waals surface area contributed by atoms with Crippen molar-refractivity contribution in [2.24, 2.45) is 0 Å². The average molecular weight is 481 g/mol. The molecule has 0 aliphatic carbocycles. The van der Waals surface area contributed by atoms with E-state index in [-0.39, 0.29) is 18.9 Å². The van der Waals surface area contributed by atoms with Gasteiger partial charge in [0.2, 0.25) is 10.0 Å². The molecule has 0 saturated heterocycles. The topological polar surface area (TPSA) is 118 Å². The Hall–Kier alpha value is -3.92. The van der Waals surface area contributed by atoms with Crippen molar-refractivity contribution in [3.8, 4) is 5.75 Å². The van der Waals surface area contributed by atoms with Crippen LogP contribution in [0, 0.1) is 0 Å². The van der Waals surface area contributed by atoms with Crippen LogP contribution < -0.4 is 19.7 Å². The third kappa shape index (κ3) is 5.34. The first-order valence-corrected chi connectivity index (χ1v) is 12.5. The number of ether oxygens (including phenoxy) is 1. The molecule has 0 spiro atoms. The van der Waals surface area contributed by atoms with E-state index < -0.39 is 22.0 Å². The van der Waals surface area contributed by atoms with Crippen LogP contribution >= 0.6 is 0 Å². The van der Waals surface area contributed by atoms with Crippen LogP contribution in [0.25, 0.3) is 0 Å². The van der Waals surface area contributed by atoms with Gasteiger partial charge < -0.3 is 15.4 Å². The number of fused-ring (bicyclic) bond motifs is 1. The van der Waals surface area contributed by atoms with Crippen LogP contribution in [0.5, 0.6) is 5.75 Å². The first-order chi connectivity index (χ1) is 16.3. The summed E-state index contributed by atoms with van der Waals surface area (Å²) in [5.41, 5.74) is 1.86. The van der Waals surface area contributed by atoms with Gasteiger partial charge in [0.05, 0.1) is 23.2 Å². The van der Waals surface area contributed by atoms with E-state index in [1.165, 1.54) is 4.31 Å². The van der Waals surface area contributed by atoms with Crippen LogP contribution in [0.1, 0.15) is 22.3 Å². The van der Waals surface area contributed by atoms with Crippen molar-refractivity contribution in [3.05, 3.63) is 84.2 Å². The molecule has 2 aromatic carbocycles. The zero-order chi connectivity index (χ0) is 24.1. The van der Waals surface area contributed by atoms with E-state index in [9.17, 15) is 18.0 Å². The monoisotopic (exact) mass is 480 g/mol. The van der Waals surface area contributed by atoms with Gasteiger partial charge in [0.1, 0.15) is 5.75 Å². The summed E-state index contributed by atoms with van der Waals surface area (Å²) in [4.78, 5) is 29.9. The first kappa shape index (κ1) is 23.2. The van der Waals surface area contributed by atoms with E-state index in [0.29, 0.717) is 29.2 Å². The molecule has 0 fully saturated rings. The highest BCUT2D eigenvalue weighted by Crippen LogP contribution is 2.34. The molecule has 0 unspecified atom stereocenters. The molecule has 2 amide bonds. The molecular weight excluding hydrogens is 456 g/mol. The molecule has 1 aromatic heterocycles. The molecule has 0 radical (unpaired) electrons. The van der Waals surface area contributed by atoms with E-state index in [0.717, 1.165) is 11.8 Å². The van der Waals surface area contributed by atoms with Crippen molar-refractivity contribution >= 4 is 33.2 Å². The van der Waals surface area contributed by atoms with Crippen LogP contribution in [0.15, 0.2) is 73.1 Å². The number of nitrogens with zero attached hydrogens (tertiary/aromatic N) is 2. The highest BCUT2D eigenvalue weighted by atomic mass is 32.2. The predicted molar refractivity (Wildman–Crippen MR) is 128 cm³/mol. The zero-order valence-electron chi connectivity index (χ0n) is 18.5. The lowest BCUT2D eigenvalue weighted by molar-refractivity contribution is -0.122. The van der Waals surface area contributed by atoms with E-state index in [2.05, 4.69) is 15.6 Å². The minimum Gasteiger partial charge on any atom is -0.478 e. The maximum atomic E-state index is 13.1. The number of hydrogen-bond donors (Lipinski definition) is 2. The smallest absolute Gasteiger partial charge is 0.265 e. The highest BCUT2D eigenvalue weighted by molar-refractivity contribution is 7.92. The lowest BCUT2D eigenvalue weighted by atomic mass is 10.1. The fourth-order valence-corrected chi connectivity index (χ4v) is 4.59.